The Kier molecular flexibility index (Phi) is 9.48. The van der Waals surface area contributed by atoms with Crippen LogP contribution in [0.3, 0.4) is 0 Å². The molecule has 6 rings (SSSR count). The van der Waals surface area contributed by atoms with Gasteiger partial charge in [-0.25, -0.2) is 0 Å². The van der Waals surface area contributed by atoms with Gasteiger partial charge in [0.1, 0.15) is 63.4 Å². The van der Waals surface area contributed by atoms with E-state index in [1.807, 2.05) is 0 Å². The number of allylic oxidation sites excluding steroid dienone is 2. The van der Waals surface area contributed by atoms with Crippen LogP contribution in [0, 0.1) is 11.3 Å². The predicted octanol–water partition coefficient (Wildman–Crippen LogP) is 7.95. The molecule has 2 aliphatic rings. The topological polar surface area (TPSA) is 205 Å². The normalized spacial score (nSPS) is 20.1. The Bertz CT molecular complexity index is 2090. The van der Waals surface area contributed by atoms with Crippen LogP contribution in [0.4, 0.5) is 0 Å². The molecule has 1 aliphatic heterocycles. The van der Waals surface area contributed by atoms with Gasteiger partial charge in [-0.05, 0) is 67.0 Å². The Morgan fingerprint density at radius 3 is 1.94 bits per heavy atom. The summed E-state index contributed by atoms with van der Waals surface area (Å²) in [6.45, 7) is 6.37. The van der Waals surface area contributed by atoms with Crippen molar-refractivity contribution >= 4 is 11.6 Å². The molecule has 4 unspecified atom stereocenters. The van der Waals surface area contributed by atoms with Crippen molar-refractivity contribution in [1.82, 2.24) is 0 Å². The van der Waals surface area contributed by atoms with E-state index in [0.717, 1.165) is 36.6 Å². The number of Topliss-reactive ketones (excluding diaryl/α,β-unsaturated/α-hetero) is 2. The van der Waals surface area contributed by atoms with Crippen molar-refractivity contribution in [2.75, 3.05) is 0 Å². The number of fused-ring (bicyclic) bond motifs is 1. The highest BCUT2D eigenvalue weighted by Gasteiger charge is 2.45. The summed E-state index contributed by atoms with van der Waals surface area (Å²) < 4.78 is 6.03. The molecule has 0 radical (unpaired) electrons. The lowest BCUT2D eigenvalue weighted by atomic mass is 9.64. The van der Waals surface area contributed by atoms with Crippen LogP contribution in [-0.4, -0.2) is 52.4 Å². The van der Waals surface area contributed by atoms with Gasteiger partial charge >= 0.3 is 0 Å². The van der Waals surface area contributed by atoms with Crippen LogP contribution in [0.1, 0.15) is 108 Å². The standard InChI is InChI=1S/C41H42O11/c1-41(2,3)12-4-5-20-13-27(24-9-6-21(42)15-29(24)45)36(39(50)26-11-8-23(44)17-31(26)47)28(14-20)37-32(48)19-35-38(40(37)51)33(49)18-34(52-35)25-10-7-22(43)16-30(25)46/h6-11,14-17,19,27-28,34,36,42-48,51H,4-5,12-13,18H2,1-3H3. The summed E-state index contributed by atoms with van der Waals surface area (Å²) in [4.78, 5) is 28.4. The third-order valence-electron chi connectivity index (χ3n) is 10.0. The smallest absolute Gasteiger partial charge is 0.174 e. The number of ketones is 2. The van der Waals surface area contributed by atoms with Gasteiger partial charge in [-0.15, -0.1) is 0 Å². The number of rotatable bonds is 8. The highest BCUT2D eigenvalue weighted by molar-refractivity contribution is 6.04. The summed E-state index contributed by atoms with van der Waals surface area (Å²) in [5.41, 5.74) is 0.927. The van der Waals surface area contributed by atoms with Crippen molar-refractivity contribution in [1.29, 1.82) is 0 Å². The summed E-state index contributed by atoms with van der Waals surface area (Å²) in [5.74, 6) is -7.25. The van der Waals surface area contributed by atoms with Crippen LogP contribution < -0.4 is 4.74 Å². The van der Waals surface area contributed by atoms with Crippen molar-refractivity contribution < 1.29 is 55.2 Å². The van der Waals surface area contributed by atoms with Gasteiger partial charge in [-0.2, -0.15) is 0 Å². The molecule has 1 heterocycles. The lowest BCUT2D eigenvalue weighted by Crippen LogP contribution is -2.32. The second kappa shape index (κ2) is 13.7. The number of carbonyl (C=O) groups excluding carboxylic acids is 2. The van der Waals surface area contributed by atoms with Crippen molar-refractivity contribution in [2.24, 2.45) is 11.3 Å². The maximum absolute atomic E-state index is 14.7. The predicted molar refractivity (Wildman–Crippen MR) is 191 cm³/mol. The Morgan fingerprint density at radius 2 is 1.35 bits per heavy atom. The number of benzene rings is 4. The molecule has 4 aromatic rings. The minimum atomic E-state index is -1.19. The fourth-order valence-corrected chi connectivity index (χ4v) is 7.56. The van der Waals surface area contributed by atoms with Crippen molar-refractivity contribution in [3.05, 3.63) is 100 Å². The van der Waals surface area contributed by atoms with E-state index >= 15 is 0 Å². The molecule has 0 aromatic heterocycles. The molecule has 11 nitrogen and oxygen atoms in total. The van der Waals surface area contributed by atoms with Gasteiger partial charge in [-0.3, -0.25) is 9.59 Å². The fourth-order valence-electron chi connectivity index (χ4n) is 7.56. The average molecular weight is 711 g/mol. The molecule has 0 amide bonds. The molecule has 272 valence electrons. The highest BCUT2D eigenvalue weighted by atomic mass is 16.5. The minimum Gasteiger partial charge on any atom is -0.508 e. The Balaban J connectivity index is 1.52. The van der Waals surface area contributed by atoms with Gasteiger partial charge in [0.25, 0.3) is 0 Å². The summed E-state index contributed by atoms with van der Waals surface area (Å²) in [6.07, 6.45) is 3.00. The Hall–Kier alpha value is -5.84. The second-order valence-electron chi connectivity index (χ2n) is 14.9. The van der Waals surface area contributed by atoms with Gasteiger partial charge in [0.2, 0.25) is 0 Å². The number of aromatic hydroxyl groups is 8. The molecular weight excluding hydrogens is 668 g/mol. The monoisotopic (exact) mass is 710 g/mol. The quantitative estimate of drug-likeness (QED) is 0.0651. The fraction of sp³-hybridized carbons (Fsp3) is 0.317. The van der Waals surface area contributed by atoms with Gasteiger partial charge in [-0.1, -0.05) is 38.5 Å². The SMILES string of the molecule is CC(C)(C)CCCC1=CC(c2c(O)cc3c(c2O)C(=O)CC(c2ccc(O)cc2O)O3)C(C(=O)c2ccc(O)cc2O)C(c2ccc(O)cc2O)C1. The Labute approximate surface area is 300 Å². The zero-order valence-corrected chi connectivity index (χ0v) is 29.0. The van der Waals surface area contributed by atoms with E-state index < -0.39 is 52.7 Å². The summed E-state index contributed by atoms with van der Waals surface area (Å²) >= 11 is 0. The molecule has 11 heteroatoms. The van der Waals surface area contributed by atoms with Crippen LogP contribution in [0.25, 0.3) is 0 Å². The summed E-state index contributed by atoms with van der Waals surface area (Å²) in [5, 5.41) is 85.8. The molecule has 0 spiro atoms. The summed E-state index contributed by atoms with van der Waals surface area (Å²) in [6, 6.07) is 12.6. The average Bonchev–Trinajstić information content (AvgIpc) is 3.03. The Morgan fingerprint density at radius 1 is 0.750 bits per heavy atom. The van der Waals surface area contributed by atoms with Crippen molar-refractivity contribution in [2.45, 2.75) is 70.8 Å². The lowest BCUT2D eigenvalue weighted by Gasteiger charge is -2.38. The molecule has 0 bridgehead atoms. The zero-order chi connectivity index (χ0) is 37.6. The maximum Gasteiger partial charge on any atom is 0.174 e. The number of carbonyl (C=O) groups is 2. The van der Waals surface area contributed by atoms with E-state index in [-0.39, 0.29) is 75.0 Å². The van der Waals surface area contributed by atoms with E-state index in [1.165, 1.54) is 42.5 Å². The van der Waals surface area contributed by atoms with E-state index in [2.05, 4.69) is 20.8 Å². The lowest BCUT2D eigenvalue weighted by molar-refractivity contribution is 0.0841. The molecule has 8 N–H and O–H groups in total. The summed E-state index contributed by atoms with van der Waals surface area (Å²) in [7, 11) is 0. The third-order valence-corrected chi connectivity index (χ3v) is 10.0. The van der Waals surface area contributed by atoms with E-state index in [9.17, 15) is 50.4 Å². The van der Waals surface area contributed by atoms with Crippen LogP contribution in [0.15, 0.2) is 72.3 Å². The van der Waals surface area contributed by atoms with Gasteiger partial charge in [0, 0.05) is 53.1 Å². The first-order valence-corrected chi connectivity index (χ1v) is 17.1. The van der Waals surface area contributed by atoms with E-state index in [4.69, 9.17) is 4.74 Å². The number of ether oxygens (including phenoxy) is 1. The molecule has 0 saturated carbocycles. The third kappa shape index (κ3) is 7.03. The molecule has 0 saturated heterocycles. The second-order valence-corrected chi connectivity index (χ2v) is 14.9. The van der Waals surface area contributed by atoms with Gasteiger partial charge < -0.3 is 45.6 Å². The van der Waals surface area contributed by atoms with Crippen LogP contribution >= 0.6 is 0 Å². The van der Waals surface area contributed by atoms with Crippen LogP contribution in [0.2, 0.25) is 0 Å². The first kappa shape index (κ1) is 36.0. The number of phenolic OH excluding ortho intramolecular Hbond substituents is 8. The minimum absolute atomic E-state index is 0.0301. The highest BCUT2D eigenvalue weighted by Crippen LogP contribution is 2.56. The van der Waals surface area contributed by atoms with Crippen LogP contribution in [-0.2, 0) is 0 Å². The van der Waals surface area contributed by atoms with E-state index in [0.29, 0.717) is 12.0 Å². The first-order valence-electron chi connectivity index (χ1n) is 17.1. The molecule has 1 aliphatic carbocycles. The van der Waals surface area contributed by atoms with E-state index in [1.54, 1.807) is 6.08 Å². The van der Waals surface area contributed by atoms with Crippen molar-refractivity contribution in [3.63, 3.8) is 0 Å². The number of hydrogen-bond acceptors (Lipinski definition) is 11. The number of hydrogen-bond donors (Lipinski definition) is 8. The van der Waals surface area contributed by atoms with Gasteiger partial charge in [0.05, 0.1) is 12.0 Å². The molecule has 0 fully saturated rings. The van der Waals surface area contributed by atoms with Crippen LogP contribution in [0.5, 0.6) is 51.7 Å². The molecule has 4 aromatic carbocycles. The molecular formula is C41H42O11. The zero-order valence-electron chi connectivity index (χ0n) is 29.0. The molecule has 52 heavy (non-hydrogen) atoms. The maximum atomic E-state index is 14.7. The van der Waals surface area contributed by atoms with Gasteiger partial charge in [0.15, 0.2) is 11.6 Å². The van der Waals surface area contributed by atoms with Crippen molar-refractivity contribution in [3.8, 4) is 51.7 Å². The molecule has 4 atom stereocenters. The first-order chi connectivity index (χ1) is 24.5. The number of phenols is 8. The largest absolute Gasteiger partial charge is 0.508 e.